The molecule has 0 aliphatic carbocycles. The van der Waals surface area contributed by atoms with E-state index in [0.717, 1.165) is 12.3 Å². The first-order chi connectivity index (χ1) is 10.9. The third kappa shape index (κ3) is 3.46. The number of fused-ring (bicyclic) bond motifs is 1. The molecule has 0 fully saturated rings. The zero-order valence-electron chi connectivity index (χ0n) is 12.2. The molecule has 0 radical (unpaired) electrons. The van der Waals surface area contributed by atoms with Gasteiger partial charge < -0.3 is 14.4 Å². The van der Waals surface area contributed by atoms with Crippen LogP contribution in [0.5, 0.6) is 11.5 Å². The van der Waals surface area contributed by atoms with Crippen molar-refractivity contribution in [1.29, 1.82) is 0 Å². The second kappa shape index (κ2) is 5.94. The summed E-state index contributed by atoms with van der Waals surface area (Å²) in [6.45, 7) is 0.607. The van der Waals surface area contributed by atoms with Crippen molar-refractivity contribution < 1.29 is 22.6 Å². The Morgan fingerprint density at radius 2 is 1.96 bits per heavy atom. The highest BCUT2D eigenvalue weighted by Crippen LogP contribution is 2.31. The monoisotopic (exact) mass is 325 g/mol. The summed E-state index contributed by atoms with van der Waals surface area (Å²) in [6, 6.07) is 8.08. The van der Waals surface area contributed by atoms with Crippen LogP contribution in [0.15, 0.2) is 36.5 Å². The SMILES string of the molecule is CN(CC1COc2ccccc2O1)c1nccc(C(F)(F)F)n1. The number of benzene rings is 1. The summed E-state index contributed by atoms with van der Waals surface area (Å²) in [7, 11) is 1.61. The minimum atomic E-state index is -4.50. The number of hydrogen-bond acceptors (Lipinski definition) is 5. The molecule has 8 heteroatoms. The van der Waals surface area contributed by atoms with E-state index >= 15 is 0 Å². The Morgan fingerprint density at radius 3 is 2.70 bits per heavy atom. The van der Waals surface area contributed by atoms with Crippen LogP contribution in [0.25, 0.3) is 0 Å². The van der Waals surface area contributed by atoms with Crippen LogP contribution in [0, 0.1) is 0 Å². The number of alkyl halides is 3. The fourth-order valence-corrected chi connectivity index (χ4v) is 2.23. The number of likely N-dealkylation sites (N-methyl/N-ethyl adjacent to an activating group) is 1. The molecule has 0 amide bonds. The molecule has 1 aromatic carbocycles. The lowest BCUT2D eigenvalue weighted by molar-refractivity contribution is -0.141. The first-order valence-corrected chi connectivity index (χ1v) is 6.93. The zero-order chi connectivity index (χ0) is 16.4. The number of ether oxygens (including phenoxy) is 2. The Balaban J connectivity index is 1.70. The minimum Gasteiger partial charge on any atom is -0.486 e. The highest BCUT2D eigenvalue weighted by atomic mass is 19.4. The second-order valence-electron chi connectivity index (χ2n) is 5.12. The first-order valence-electron chi connectivity index (χ1n) is 6.93. The van der Waals surface area contributed by atoms with Gasteiger partial charge in [0.1, 0.15) is 12.3 Å². The van der Waals surface area contributed by atoms with Crippen molar-refractivity contribution in [3.05, 3.63) is 42.2 Å². The molecule has 3 rings (SSSR count). The normalized spacial score (nSPS) is 17.0. The van der Waals surface area contributed by atoms with E-state index < -0.39 is 11.9 Å². The smallest absolute Gasteiger partial charge is 0.433 e. The number of rotatable bonds is 3. The average Bonchev–Trinajstić information content (AvgIpc) is 2.54. The predicted octanol–water partition coefficient (Wildman–Crippen LogP) is 2.77. The Bertz CT molecular complexity index is 694. The van der Waals surface area contributed by atoms with Gasteiger partial charge in [-0.05, 0) is 18.2 Å². The van der Waals surface area contributed by atoms with Crippen molar-refractivity contribution in [3.8, 4) is 11.5 Å². The summed E-state index contributed by atoms with van der Waals surface area (Å²) in [6.07, 6.45) is -3.73. The second-order valence-corrected chi connectivity index (χ2v) is 5.12. The van der Waals surface area contributed by atoms with Gasteiger partial charge in [-0.2, -0.15) is 13.2 Å². The number of nitrogens with zero attached hydrogens (tertiary/aromatic N) is 3. The standard InChI is InChI=1S/C15H14F3N3O2/c1-21(14-19-7-6-13(20-14)15(16,17)18)8-10-9-22-11-4-2-3-5-12(11)23-10/h2-7,10H,8-9H2,1H3. The van der Waals surface area contributed by atoms with E-state index in [0.29, 0.717) is 24.7 Å². The fourth-order valence-electron chi connectivity index (χ4n) is 2.23. The van der Waals surface area contributed by atoms with Crippen LogP contribution in [-0.4, -0.2) is 36.3 Å². The van der Waals surface area contributed by atoms with E-state index in [9.17, 15) is 13.2 Å². The van der Waals surface area contributed by atoms with E-state index in [1.54, 1.807) is 19.2 Å². The summed E-state index contributed by atoms with van der Waals surface area (Å²) in [4.78, 5) is 8.94. The van der Waals surface area contributed by atoms with E-state index in [1.807, 2.05) is 12.1 Å². The highest BCUT2D eigenvalue weighted by molar-refractivity contribution is 5.41. The van der Waals surface area contributed by atoms with Gasteiger partial charge in [-0.3, -0.25) is 0 Å². The molecule has 0 N–H and O–H groups in total. The van der Waals surface area contributed by atoms with E-state index in [4.69, 9.17) is 9.47 Å². The molecule has 1 aliphatic heterocycles. The molecule has 1 unspecified atom stereocenters. The van der Waals surface area contributed by atoms with Crippen LogP contribution in [0.1, 0.15) is 5.69 Å². The minimum absolute atomic E-state index is 0.0118. The number of aromatic nitrogens is 2. The summed E-state index contributed by atoms with van der Waals surface area (Å²) in [5, 5.41) is 0. The molecule has 122 valence electrons. The molecule has 23 heavy (non-hydrogen) atoms. The lowest BCUT2D eigenvalue weighted by atomic mass is 10.2. The average molecular weight is 325 g/mol. The Hall–Kier alpha value is -2.51. The van der Waals surface area contributed by atoms with Crippen molar-refractivity contribution >= 4 is 5.95 Å². The van der Waals surface area contributed by atoms with Crippen LogP contribution in [-0.2, 0) is 6.18 Å². The number of halogens is 3. The lowest BCUT2D eigenvalue weighted by Crippen LogP contribution is -2.40. The van der Waals surface area contributed by atoms with Crippen LogP contribution < -0.4 is 14.4 Å². The van der Waals surface area contributed by atoms with Gasteiger partial charge in [0, 0.05) is 13.2 Å². The van der Waals surface area contributed by atoms with Crippen LogP contribution in [0.3, 0.4) is 0 Å². The van der Waals surface area contributed by atoms with Crippen LogP contribution in [0.4, 0.5) is 19.1 Å². The van der Waals surface area contributed by atoms with Gasteiger partial charge in [0.15, 0.2) is 17.6 Å². The Morgan fingerprint density at radius 1 is 1.22 bits per heavy atom. The van der Waals surface area contributed by atoms with Crippen LogP contribution in [0.2, 0.25) is 0 Å². The largest absolute Gasteiger partial charge is 0.486 e. The predicted molar refractivity (Wildman–Crippen MR) is 76.7 cm³/mol. The van der Waals surface area contributed by atoms with Crippen molar-refractivity contribution in [1.82, 2.24) is 9.97 Å². The molecule has 0 saturated heterocycles. The molecule has 1 aliphatic rings. The first kappa shape index (κ1) is 15.4. The molecule has 1 atom stereocenters. The zero-order valence-corrected chi connectivity index (χ0v) is 12.2. The molecule has 2 aromatic rings. The summed E-state index contributed by atoms with van der Waals surface area (Å²) in [5.74, 6) is 1.26. The highest BCUT2D eigenvalue weighted by Gasteiger charge is 2.33. The molecule has 0 saturated carbocycles. The van der Waals surface area contributed by atoms with Crippen molar-refractivity contribution in [2.75, 3.05) is 25.1 Å². The molecule has 0 bridgehead atoms. The molecular weight excluding hydrogens is 311 g/mol. The molecule has 5 nitrogen and oxygen atoms in total. The summed E-state index contributed by atoms with van der Waals surface area (Å²) >= 11 is 0. The van der Waals surface area contributed by atoms with Gasteiger partial charge in [-0.1, -0.05) is 12.1 Å². The number of anilines is 1. The fraction of sp³-hybridized carbons (Fsp3) is 0.333. The van der Waals surface area contributed by atoms with Crippen molar-refractivity contribution in [2.45, 2.75) is 12.3 Å². The van der Waals surface area contributed by atoms with E-state index in [1.165, 1.54) is 4.90 Å². The maximum absolute atomic E-state index is 12.7. The maximum atomic E-state index is 12.7. The third-order valence-corrected chi connectivity index (χ3v) is 3.32. The number of hydrogen-bond donors (Lipinski definition) is 0. The topological polar surface area (TPSA) is 47.5 Å². The molecule has 0 spiro atoms. The molecular formula is C15H14F3N3O2. The van der Waals surface area contributed by atoms with Gasteiger partial charge in [0.25, 0.3) is 0 Å². The van der Waals surface area contributed by atoms with Gasteiger partial charge in [-0.25, -0.2) is 9.97 Å². The quantitative estimate of drug-likeness (QED) is 0.868. The van der Waals surface area contributed by atoms with Gasteiger partial charge in [-0.15, -0.1) is 0 Å². The molecule has 1 aromatic heterocycles. The van der Waals surface area contributed by atoms with Gasteiger partial charge in [0.2, 0.25) is 5.95 Å². The summed E-state index contributed by atoms with van der Waals surface area (Å²) in [5.41, 5.74) is -0.972. The molecule has 2 heterocycles. The van der Waals surface area contributed by atoms with Gasteiger partial charge >= 0.3 is 6.18 Å². The van der Waals surface area contributed by atoms with Crippen LogP contribution >= 0.6 is 0 Å². The summed E-state index contributed by atoms with van der Waals surface area (Å²) < 4.78 is 49.5. The maximum Gasteiger partial charge on any atom is 0.433 e. The van der Waals surface area contributed by atoms with E-state index in [-0.39, 0.29) is 12.1 Å². The Kier molecular flexibility index (Phi) is 3.97. The van der Waals surface area contributed by atoms with Crippen molar-refractivity contribution in [3.63, 3.8) is 0 Å². The lowest BCUT2D eigenvalue weighted by Gasteiger charge is -2.29. The van der Waals surface area contributed by atoms with E-state index in [2.05, 4.69) is 9.97 Å². The number of para-hydroxylation sites is 2. The van der Waals surface area contributed by atoms with Gasteiger partial charge in [0.05, 0.1) is 6.54 Å². The Labute approximate surface area is 130 Å². The van der Waals surface area contributed by atoms with Crippen molar-refractivity contribution in [2.24, 2.45) is 0 Å². The third-order valence-electron chi connectivity index (χ3n) is 3.32.